The monoisotopic (exact) mass is 512 g/mol. The highest BCUT2D eigenvalue weighted by Crippen LogP contribution is 2.48. The molecule has 4 aliphatic carbocycles. The molecule has 34 heavy (non-hydrogen) atoms. The summed E-state index contributed by atoms with van der Waals surface area (Å²) in [5.74, 6) is -0.771. The summed E-state index contributed by atoms with van der Waals surface area (Å²) in [5, 5.41) is 10.7. The van der Waals surface area contributed by atoms with E-state index in [1.54, 1.807) is 0 Å². The van der Waals surface area contributed by atoms with E-state index in [0.717, 1.165) is 0 Å². The Morgan fingerprint density at radius 3 is 2.38 bits per heavy atom. The van der Waals surface area contributed by atoms with Crippen molar-refractivity contribution in [1.29, 1.82) is 0 Å². The van der Waals surface area contributed by atoms with Crippen molar-refractivity contribution in [2.45, 2.75) is 105 Å². The van der Waals surface area contributed by atoms with Gasteiger partial charge in [-0.15, -0.1) is 11.6 Å². The van der Waals surface area contributed by atoms with Gasteiger partial charge in [-0.25, -0.2) is 17.6 Å². The fraction of sp³-hybridized carbons (Fsp3) is 0.909. The molecule has 0 radical (unpaired) electrons. The maximum Gasteiger partial charge on any atom is 0.254 e. The van der Waals surface area contributed by atoms with E-state index in [2.05, 4.69) is 21.3 Å². The highest BCUT2D eigenvalue weighted by molar-refractivity contribution is 6.21. The number of piperazine rings is 1. The van der Waals surface area contributed by atoms with Crippen molar-refractivity contribution in [2.75, 3.05) is 19.7 Å². The number of nitrogens with one attached hydrogen (secondary N) is 4. The van der Waals surface area contributed by atoms with E-state index >= 15 is 4.39 Å². The average Bonchev–Trinajstić information content (AvgIpc) is 2.81. The summed E-state index contributed by atoms with van der Waals surface area (Å²) in [4.78, 5) is 25.2. The number of hydrogen-bond donors (Lipinski definition) is 4. The molecular formula is C22H33ClF4N4O3. The van der Waals surface area contributed by atoms with Crippen LogP contribution in [0.3, 0.4) is 0 Å². The second-order valence-electron chi connectivity index (χ2n) is 10.2. The van der Waals surface area contributed by atoms with Gasteiger partial charge in [0.05, 0.1) is 29.1 Å². The normalized spacial score (nSPS) is 42.4. The zero-order chi connectivity index (χ0) is 24.5. The quantitative estimate of drug-likeness (QED) is 0.308. The maximum atomic E-state index is 15.3. The van der Waals surface area contributed by atoms with Crippen LogP contribution in [0.5, 0.6) is 0 Å². The summed E-state index contributed by atoms with van der Waals surface area (Å²) < 4.78 is 60.2. The Hall–Kier alpha value is -1.17. The van der Waals surface area contributed by atoms with Crippen molar-refractivity contribution in [2.24, 2.45) is 0 Å². The highest BCUT2D eigenvalue weighted by Gasteiger charge is 2.56. The molecule has 5 rings (SSSR count). The van der Waals surface area contributed by atoms with E-state index in [1.165, 1.54) is 0 Å². The first-order chi connectivity index (χ1) is 16.1. The van der Waals surface area contributed by atoms with Gasteiger partial charge in [0.2, 0.25) is 11.8 Å². The molecule has 0 aromatic rings. The fourth-order valence-electron chi connectivity index (χ4n) is 5.71. The van der Waals surface area contributed by atoms with Gasteiger partial charge in [-0.3, -0.25) is 9.59 Å². The van der Waals surface area contributed by atoms with Gasteiger partial charge in [0, 0.05) is 31.5 Å². The van der Waals surface area contributed by atoms with Gasteiger partial charge in [-0.05, 0) is 38.5 Å². The molecule has 7 nitrogen and oxygen atoms in total. The average molecular weight is 513 g/mol. The molecule has 194 valence electrons. The Morgan fingerprint density at radius 1 is 1.06 bits per heavy atom. The lowest BCUT2D eigenvalue weighted by molar-refractivity contribution is -0.137. The topological polar surface area (TPSA) is 91.5 Å². The molecule has 12 heteroatoms. The third-order valence-electron chi connectivity index (χ3n) is 7.93. The molecule has 5 aliphatic rings. The molecule has 1 aliphatic heterocycles. The SMILES string of the molecule is O=C(COC1CCC(Cl)C(F)C1)NC12CCC(NC(=O)C3CNC(C(F)F)CN3)(CC1)C(F)C2. The molecule has 1 heterocycles. The third-order valence-corrected chi connectivity index (χ3v) is 8.42. The van der Waals surface area contributed by atoms with Crippen molar-refractivity contribution in [3.63, 3.8) is 0 Å². The first-order valence-corrected chi connectivity index (χ1v) is 12.5. The predicted molar refractivity (Wildman–Crippen MR) is 117 cm³/mol. The van der Waals surface area contributed by atoms with Gasteiger partial charge in [0.15, 0.2) is 0 Å². The second-order valence-corrected chi connectivity index (χ2v) is 10.8. The van der Waals surface area contributed by atoms with Crippen LogP contribution in [0, 0.1) is 0 Å². The molecule has 4 N–H and O–H groups in total. The number of fused-ring (bicyclic) bond motifs is 3. The lowest BCUT2D eigenvalue weighted by atomic mass is 9.60. The number of ether oxygens (including phenoxy) is 1. The molecule has 0 aromatic heterocycles. The molecule has 4 saturated carbocycles. The van der Waals surface area contributed by atoms with Gasteiger partial charge in [0.1, 0.15) is 19.0 Å². The summed E-state index contributed by atoms with van der Waals surface area (Å²) in [6.07, 6.45) is -2.32. The van der Waals surface area contributed by atoms with E-state index in [4.69, 9.17) is 16.3 Å². The second kappa shape index (κ2) is 10.4. The number of halogens is 5. The largest absolute Gasteiger partial charge is 0.368 e. The Kier molecular flexibility index (Phi) is 7.96. The summed E-state index contributed by atoms with van der Waals surface area (Å²) in [6.45, 7) is -0.216. The summed E-state index contributed by atoms with van der Waals surface area (Å²) in [7, 11) is 0. The first kappa shape index (κ1) is 25.9. The molecule has 0 aromatic carbocycles. The minimum absolute atomic E-state index is 0.0433. The Labute approximate surface area is 201 Å². The van der Waals surface area contributed by atoms with E-state index in [0.29, 0.717) is 38.5 Å². The number of carbonyl (C=O) groups excluding carboxylic acids is 2. The maximum absolute atomic E-state index is 15.3. The van der Waals surface area contributed by atoms with E-state index < -0.39 is 53.2 Å². The minimum Gasteiger partial charge on any atom is -0.368 e. The molecule has 1 saturated heterocycles. The minimum atomic E-state index is -2.53. The van der Waals surface area contributed by atoms with Crippen LogP contribution < -0.4 is 21.3 Å². The molecular weight excluding hydrogens is 480 g/mol. The van der Waals surface area contributed by atoms with Gasteiger partial charge < -0.3 is 26.0 Å². The van der Waals surface area contributed by atoms with Gasteiger partial charge in [-0.2, -0.15) is 0 Å². The predicted octanol–water partition coefficient (Wildman–Crippen LogP) is 1.72. The smallest absolute Gasteiger partial charge is 0.254 e. The number of rotatable bonds is 7. The number of amides is 2. The lowest BCUT2D eigenvalue weighted by Gasteiger charge is -2.55. The van der Waals surface area contributed by atoms with Crippen LogP contribution in [-0.4, -0.2) is 84.9 Å². The van der Waals surface area contributed by atoms with Crippen LogP contribution in [0.2, 0.25) is 0 Å². The standard InChI is InChI=1S/C22H33ClF4N4O3/c23-13-2-1-12(7-14(13)24)34-11-18(32)30-21-3-5-22(6-4-21,17(25)8-21)31-20(33)16-10-28-15(9-29-16)19(26)27/h12-17,19,28-29H,1-11H2,(H,30,32)(H,31,33). The van der Waals surface area contributed by atoms with Gasteiger partial charge in [-0.1, -0.05) is 0 Å². The van der Waals surface area contributed by atoms with Gasteiger partial charge >= 0.3 is 0 Å². The van der Waals surface area contributed by atoms with Crippen molar-refractivity contribution in [1.82, 2.24) is 21.3 Å². The molecule has 2 bridgehead atoms. The van der Waals surface area contributed by atoms with Crippen LogP contribution >= 0.6 is 11.6 Å². The molecule has 2 amide bonds. The molecule has 6 unspecified atom stereocenters. The summed E-state index contributed by atoms with van der Waals surface area (Å²) in [5.41, 5.74) is -1.71. The van der Waals surface area contributed by atoms with Gasteiger partial charge in [0.25, 0.3) is 6.43 Å². The van der Waals surface area contributed by atoms with E-state index in [1.807, 2.05) is 0 Å². The zero-order valence-electron chi connectivity index (χ0n) is 18.9. The third kappa shape index (κ3) is 5.63. The van der Waals surface area contributed by atoms with Crippen molar-refractivity contribution < 1.29 is 31.9 Å². The zero-order valence-corrected chi connectivity index (χ0v) is 19.7. The van der Waals surface area contributed by atoms with E-state index in [-0.39, 0.29) is 44.5 Å². The van der Waals surface area contributed by atoms with E-state index in [9.17, 15) is 22.8 Å². The van der Waals surface area contributed by atoms with Crippen molar-refractivity contribution >= 4 is 23.4 Å². The van der Waals surface area contributed by atoms with Crippen LogP contribution in [0.15, 0.2) is 0 Å². The first-order valence-electron chi connectivity index (χ1n) is 12.0. The highest BCUT2D eigenvalue weighted by atomic mass is 35.5. The Balaban J connectivity index is 1.24. The summed E-state index contributed by atoms with van der Waals surface area (Å²) >= 11 is 5.88. The van der Waals surface area contributed by atoms with Crippen molar-refractivity contribution in [3.05, 3.63) is 0 Å². The fourth-order valence-corrected chi connectivity index (χ4v) is 5.94. The summed E-state index contributed by atoms with van der Waals surface area (Å²) in [6, 6.07) is -1.72. The molecule has 5 fully saturated rings. The van der Waals surface area contributed by atoms with Crippen LogP contribution in [0.4, 0.5) is 17.6 Å². The van der Waals surface area contributed by atoms with Crippen LogP contribution in [0.25, 0.3) is 0 Å². The lowest BCUT2D eigenvalue weighted by Crippen LogP contribution is -2.71. The van der Waals surface area contributed by atoms with Crippen molar-refractivity contribution in [3.8, 4) is 0 Å². The molecule has 6 atom stereocenters. The van der Waals surface area contributed by atoms with Crippen LogP contribution in [-0.2, 0) is 14.3 Å². The number of carbonyl (C=O) groups is 2. The number of hydrogen-bond acceptors (Lipinski definition) is 5. The van der Waals surface area contributed by atoms with Crippen LogP contribution in [0.1, 0.15) is 51.4 Å². The number of alkyl halides is 5. The Morgan fingerprint density at radius 2 is 1.79 bits per heavy atom. The Bertz CT molecular complexity index is 748. The molecule has 0 spiro atoms.